The molecule has 0 bridgehead atoms. The number of carbonyl (C=O) groups is 2. The first-order valence-corrected chi connectivity index (χ1v) is 14.2. The van der Waals surface area contributed by atoms with Crippen LogP contribution in [-0.4, -0.2) is 66.0 Å². The Balaban J connectivity index is 1.36. The second-order valence-corrected chi connectivity index (χ2v) is 11.2. The van der Waals surface area contributed by atoms with Crippen LogP contribution < -0.4 is 9.47 Å². The molecule has 200 valence electrons. The molecule has 0 atom stereocenters. The second-order valence-electron chi connectivity index (χ2n) is 9.75. The van der Waals surface area contributed by atoms with E-state index >= 15 is 0 Å². The van der Waals surface area contributed by atoms with Crippen molar-refractivity contribution in [2.75, 3.05) is 39.5 Å². The van der Waals surface area contributed by atoms with Crippen LogP contribution in [0.25, 0.3) is 0 Å². The summed E-state index contributed by atoms with van der Waals surface area (Å²) in [7, 11) is 0. The van der Waals surface area contributed by atoms with Crippen molar-refractivity contribution in [2.45, 2.75) is 32.9 Å². The van der Waals surface area contributed by atoms with E-state index in [1.54, 1.807) is 40.5 Å². The Morgan fingerprint density at radius 3 is 2.47 bits per heavy atom. The zero-order chi connectivity index (χ0) is 26.5. The number of benzene rings is 2. The number of carbonyl (C=O) groups excluding carboxylic acids is 2. The van der Waals surface area contributed by atoms with Crippen molar-refractivity contribution < 1.29 is 19.1 Å². The molecule has 38 heavy (non-hydrogen) atoms. The average Bonchev–Trinajstić information content (AvgIpc) is 3.69. The highest BCUT2D eigenvalue weighted by Gasteiger charge is 2.25. The van der Waals surface area contributed by atoms with Gasteiger partial charge in [0.15, 0.2) is 11.5 Å². The van der Waals surface area contributed by atoms with Crippen LogP contribution in [0.3, 0.4) is 0 Å². The van der Waals surface area contributed by atoms with Crippen LogP contribution in [0.5, 0.6) is 11.5 Å². The number of thiophene rings is 1. The summed E-state index contributed by atoms with van der Waals surface area (Å²) in [5.74, 6) is 1.14. The van der Waals surface area contributed by atoms with Gasteiger partial charge in [-0.15, -0.1) is 11.3 Å². The Labute approximate surface area is 232 Å². The lowest BCUT2D eigenvalue weighted by Gasteiger charge is -2.29. The molecule has 3 heterocycles. The van der Waals surface area contributed by atoms with E-state index in [1.165, 1.54) is 12.8 Å². The predicted molar refractivity (Wildman–Crippen MR) is 149 cm³/mol. The molecule has 7 nitrogen and oxygen atoms in total. The topological polar surface area (TPSA) is 62.3 Å². The Morgan fingerprint density at radius 1 is 0.974 bits per heavy atom. The highest BCUT2D eigenvalue weighted by atomic mass is 35.5. The molecule has 0 aliphatic carbocycles. The Hall–Kier alpha value is -3.07. The number of nitrogens with zero attached hydrogens (tertiary/aromatic N) is 3. The maximum absolute atomic E-state index is 13.9. The van der Waals surface area contributed by atoms with Gasteiger partial charge in [-0.3, -0.25) is 9.59 Å². The summed E-state index contributed by atoms with van der Waals surface area (Å²) in [6.45, 7) is 6.45. The summed E-state index contributed by atoms with van der Waals surface area (Å²) >= 11 is 7.69. The number of aryl methyl sites for hydroxylation is 1. The lowest BCUT2D eigenvalue weighted by atomic mass is 10.1. The van der Waals surface area contributed by atoms with Crippen molar-refractivity contribution in [1.82, 2.24) is 14.7 Å². The fraction of sp³-hybridized carbons (Fsp3) is 0.379. The van der Waals surface area contributed by atoms with Crippen molar-refractivity contribution >= 4 is 34.8 Å². The van der Waals surface area contributed by atoms with Crippen molar-refractivity contribution in [3.05, 3.63) is 80.5 Å². The minimum atomic E-state index is -0.162. The van der Waals surface area contributed by atoms with Crippen LogP contribution in [0.15, 0.2) is 53.9 Å². The fourth-order valence-corrected chi connectivity index (χ4v) is 5.84. The minimum absolute atomic E-state index is 0.00424. The average molecular weight is 554 g/mol. The zero-order valence-corrected chi connectivity index (χ0v) is 23.1. The maximum Gasteiger partial charge on any atom is 0.254 e. The molecule has 3 aromatic rings. The van der Waals surface area contributed by atoms with Crippen molar-refractivity contribution in [1.29, 1.82) is 0 Å². The molecule has 2 aliphatic rings. The molecule has 0 spiro atoms. The Kier molecular flexibility index (Phi) is 8.51. The summed E-state index contributed by atoms with van der Waals surface area (Å²) in [6.07, 6.45) is 2.35. The van der Waals surface area contributed by atoms with E-state index in [4.69, 9.17) is 21.1 Å². The number of amides is 2. The number of halogens is 1. The Morgan fingerprint density at radius 2 is 1.74 bits per heavy atom. The summed E-state index contributed by atoms with van der Waals surface area (Å²) in [5, 5.41) is 2.61. The van der Waals surface area contributed by atoms with E-state index < -0.39 is 0 Å². The smallest absolute Gasteiger partial charge is 0.254 e. The van der Waals surface area contributed by atoms with Crippen LogP contribution >= 0.6 is 22.9 Å². The first-order valence-electron chi connectivity index (χ1n) is 12.9. The van der Waals surface area contributed by atoms with Crippen molar-refractivity contribution in [2.24, 2.45) is 0 Å². The van der Waals surface area contributed by atoms with E-state index in [2.05, 4.69) is 17.9 Å². The standard InChI is InChI=1S/C29H32ClN3O4S/c1-21-10-15-38-27(21)18-33(17-22-4-9-25-26(16-22)37-20-36-25)28(34)19-32(14-13-31-11-2-3-12-31)29(35)23-5-7-24(30)8-6-23/h4-10,15-16H,2-3,11-14,17-20H2,1H3. The van der Waals surface area contributed by atoms with Crippen LogP contribution in [0.2, 0.25) is 5.02 Å². The summed E-state index contributed by atoms with van der Waals surface area (Å²) in [6, 6.07) is 14.7. The van der Waals surface area contributed by atoms with Crippen LogP contribution in [0, 0.1) is 6.92 Å². The van der Waals surface area contributed by atoms with Gasteiger partial charge in [0.05, 0.1) is 6.54 Å². The molecule has 2 aliphatic heterocycles. The molecule has 0 saturated carbocycles. The summed E-state index contributed by atoms with van der Waals surface area (Å²) in [4.78, 5) is 34.4. The molecule has 5 rings (SSSR count). The van der Waals surface area contributed by atoms with Crippen LogP contribution in [0.4, 0.5) is 0 Å². The third-order valence-electron chi connectivity index (χ3n) is 7.06. The number of rotatable bonds is 10. The molecular formula is C29H32ClN3O4S. The molecule has 2 amide bonds. The predicted octanol–water partition coefficient (Wildman–Crippen LogP) is 5.21. The molecule has 2 aromatic carbocycles. The largest absolute Gasteiger partial charge is 0.454 e. The first-order chi connectivity index (χ1) is 18.5. The molecule has 1 aromatic heterocycles. The van der Waals surface area contributed by atoms with E-state index in [1.807, 2.05) is 28.5 Å². The molecule has 1 saturated heterocycles. The van der Waals surface area contributed by atoms with Crippen molar-refractivity contribution in [3.8, 4) is 11.5 Å². The van der Waals surface area contributed by atoms with Crippen LogP contribution in [-0.2, 0) is 17.9 Å². The van der Waals surface area contributed by atoms with E-state index in [-0.39, 0.29) is 25.2 Å². The number of ether oxygens (including phenoxy) is 2. The van der Waals surface area contributed by atoms with E-state index in [9.17, 15) is 9.59 Å². The molecule has 0 N–H and O–H groups in total. The number of hydrogen-bond donors (Lipinski definition) is 0. The molecule has 0 unspecified atom stereocenters. The van der Waals surface area contributed by atoms with Gasteiger partial charge in [0.2, 0.25) is 12.7 Å². The zero-order valence-electron chi connectivity index (χ0n) is 21.5. The van der Waals surface area contributed by atoms with Gasteiger partial charge in [0, 0.05) is 35.1 Å². The normalized spacial score (nSPS) is 14.6. The van der Waals surface area contributed by atoms with Crippen LogP contribution in [0.1, 0.15) is 39.2 Å². The summed E-state index contributed by atoms with van der Waals surface area (Å²) < 4.78 is 11.0. The molecule has 9 heteroatoms. The van der Waals surface area contributed by atoms with Gasteiger partial charge >= 0.3 is 0 Å². The highest BCUT2D eigenvalue weighted by Crippen LogP contribution is 2.33. The highest BCUT2D eigenvalue weighted by molar-refractivity contribution is 7.10. The van der Waals surface area contributed by atoms with Crippen molar-refractivity contribution in [3.63, 3.8) is 0 Å². The van der Waals surface area contributed by atoms with Gasteiger partial charge in [-0.25, -0.2) is 0 Å². The first kappa shape index (κ1) is 26.5. The monoisotopic (exact) mass is 553 g/mol. The minimum Gasteiger partial charge on any atom is -0.454 e. The molecule has 1 fully saturated rings. The quantitative estimate of drug-likeness (QED) is 0.345. The van der Waals surface area contributed by atoms with Gasteiger partial charge in [-0.1, -0.05) is 17.7 Å². The number of hydrogen-bond acceptors (Lipinski definition) is 6. The lowest BCUT2D eigenvalue weighted by Crippen LogP contribution is -2.45. The lowest BCUT2D eigenvalue weighted by molar-refractivity contribution is -0.133. The maximum atomic E-state index is 13.9. The van der Waals surface area contributed by atoms with Gasteiger partial charge < -0.3 is 24.2 Å². The number of fused-ring (bicyclic) bond motifs is 1. The summed E-state index contributed by atoms with van der Waals surface area (Å²) in [5.41, 5.74) is 2.63. The second kappa shape index (κ2) is 12.2. The SMILES string of the molecule is Cc1ccsc1CN(Cc1ccc2c(c1)OCO2)C(=O)CN(CCN1CCCC1)C(=O)c1ccc(Cl)cc1. The van der Waals surface area contributed by atoms with E-state index in [0.29, 0.717) is 41.7 Å². The fourth-order valence-electron chi connectivity index (χ4n) is 4.79. The molecular weight excluding hydrogens is 522 g/mol. The number of likely N-dealkylation sites (tertiary alicyclic amines) is 1. The van der Waals surface area contributed by atoms with Gasteiger partial charge in [-0.05, 0) is 91.8 Å². The van der Waals surface area contributed by atoms with Gasteiger partial charge in [-0.2, -0.15) is 0 Å². The molecule has 0 radical (unpaired) electrons. The third kappa shape index (κ3) is 6.49. The Bertz CT molecular complexity index is 1270. The van der Waals surface area contributed by atoms with Gasteiger partial charge in [0.1, 0.15) is 6.54 Å². The van der Waals surface area contributed by atoms with E-state index in [0.717, 1.165) is 35.6 Å². The van der Waals surface area contributed by atoms with Gasteiger partial charge in [0.25, 0.3) is 5.91 Å². The third-order valence-corrected chi connectivity index (χ3v) is 8.31.